The Bertz CT molecular complexity index is 333. The summed E-state index contributed by atoms with van der Waals surface area (Å²) in [5, 5.41) is 20.0. The third-order valence-corrected chi connectivity index (χ3v) is 4.40. The van der Waals surface area contributed by atoms with Gasteiger partial charge in [-0.25, -0.2) is 0 Å². The molecular weight excluding hydrogens is 226 g/mol. The predicted octanol–water partition coefficient (Wildman–Crippen LogP) is 2.14. The largest absolute Gasteiger partial charge is 0.390 e. The molecule has 18 heavy (non-hydrogen) atoms. The molecule has 1 heterocycles. The second kappa shape index (κ2) is 4.62. The molecule has 3 heteroatoms. The van der Waals surface area contributed by atoms with E-state index < -0.39 is 5.60 Å². The summed E-state index contributed by atoms with van der Waals surface area (Å²) < 4.78 is 0. The fraction of sp³-hybridized carbons (Fsp3) is 0.867. The lowest BCUT2D eigenvalue weighted by molar-refractivity contribution is -0.141. The Labute approximate surface area is 110 Å². The third kappa shape index (κ3) is 2.95. The summed E-state index contributed by atoms with van der Waals surface area (Å²) in [6.07, 6.45) is 4.37. The van der Waals surface area contributed by atoms with Gasteiger partial charge >= 0.3 is 0 Å². The minimum atomic E-state index is -0.548. The molecule has 0 bridgehead atoms. The molecule has 104 valence electrons. The second-order valence-corrected chi connectivity index (χ2v) is 7.30. The van der Waals surface area contributed by atoms with Crippen molar-refractivity contribution in [1.82, 2.24) is 4.90 Å². The van der Waals surface area contributed by atoms with Gasteiger partial charge in [0.05, 0.1) is 5.60 Å². The highest BCUT2D eigenvalue weighted by atomic mass is 16.3. The lowest BCUT2D eigenvalue weighted by Crippen LogP contribution is -2.53. The zero-order valence-electron chi connectivity index (χ0n) is 12.1. The number of nitrogens with zero attached hydrogens (tertiary/aromatic N) is 1. The zero-order chi connectivity index (χ0) is 13.6. The van der Waals surface area contributed by atoms with Crippen LogP contribution in [0, 0.1) is 11.3 Å². The predicted molar refractivity (Wildman–Crippen MR) is 73.1 cm³/mol. The zero-order valence-corrected chi connectivity index (χ0v) is 12.1. The van der Waals surface area contributed by atoms with E-state index >= 15 is 0 Å². The lowest BCUT2D eigenvalue weighted by atomic mass is 9.71. The first-order valence-electron chi connectivity index (χ1n) is 7.03. The van der Waals surface area contributed by atoms with Crippen LogP contribution in [-0.4, -0.2) is 40.0 Å². The highest BCUT2D eigenvalue weighted by Crippen LogP contribution is 2.41. The van der Waals surface area contributed by atoms with Gasteiger partial charge in [-0.1, -0.05) is 32.4 Å². The van der Waals surface area contributed by atoms with E-state index in [1.54, 1.807) is 0 Å². The Kier molecular flexibility index (Phi) is 3.60. The number of aliphatic hydroxyl groups excluding tert-OH is 1. The highest BCUT2D eigenvalue weighted by Gasteiger charge is 2.43. The highest BCUT2D eigenvalue weighted by molar-refractivity contribution is 5.15. The average Bonchev–Trinajstić information content (AvgIpc) is 2.24. The Balaban J connectivity index is 1.88. The second-order valence-electron chi connectivity index (χ2n) is 7.30. The SMILES string of the molecule is CC1(O)CC(C(O)N2CC=C(C(C)(C)C)CC2)C1. The molecule has 0 spiro atoms. The van der Waals surface area contributed by atoms with Crippen LogP contribution in [0.25, 0.3) is 0 Å². The molecule has 2 rings (SSSR count). The third-order valence-electron chi connectivity index (χ3n) is 4.40. The molecule has 0 aromatic rings. The van der Waals surface area contributed by atoms with Gasteiger partial charge in [-0.05, 0) is 31.6 Å². The van der Waals surface area contributed by atoms with Crippen LogP contribution in [0.1, 0.15) is 47.0 Å². The van der Waals surface area contributed by atoms with Crippen LogP contribution >= 0.6 is 0 Å². The normalized spacial score (nSPS) is 35.9. The summed E-state index contributed by atoms with van der Waals surface area (Å²) in [6, 6.07) is 0. The van der Waals surface area contributed by atoms with E-state index in [9.17, 15) is 10.2 Å². The molecule has 0 aromatic carbocycles. The fourth-order valence-electron chi connectivity index (χ4n) is 3.19. The molecule has 1 atom stereocenters. The maximum absolute atomic E-state index is 10.3. The van der Waals surface area contributed by atoms with Crippen LogP contribution in [0.3, 0.4) is 0 Å². The first-order chi connectivity index (χ1) is 8.19. The molecule has 0 saturated heterocycles. The quantitative estimate of drug-likeness (QED) is 0.741. The van der Waals surface area contributed by atoms with E-state index in [-0.39, 0.29) is 17.6 Å². The van der Waals surface area contributed by atoms with E-state index in [4.69, 9.17) is 0 Å². The van der Waals surface area contributed by atoms with Crippen molar-refractivity contribution in [2.24, 2.45) is 11.3 Å². The first-order valence-corrected chi connectivity index (χ1v) is 7.03. The van der Waals surface area contributed by atoms with Crippen molar-refractivity contribution in [2.45, 2.75) is 58.8 Å². The number of hydrogen-bond acceptors (Lipinski definition) is 3. The molecule has 0 aromatic heterocycles. The van der Waals surface area contributed by atoms with E-state index in [1.165, 1.54) is 5.57 Å². The lowest BCUT2D eigenvalue weighted by Gasteiger charge is -2.47. The van der Waals surface area contributed by atoms with E-state index in [2.05, 4.69) is 31.7 Å². The topological polar surface area (TPSA) is 43.7 Å². The molecule has 0 amide bonds. The van der Waals surface area contributed by atoms with Crippen LogP contribution in [0.4, 0.5) is 0 Å². The molecule has 1 fully saturated rings. The van der Waals surface area contributed by atoms with E-state index in [1.807, 2.05) is 6.92 Å². The Morgan fingerprint density at radius 1 is 1.39 bits per heavy atom. The van der Waals surface area contributed by atoms with Gasteiger partial charge in [-0.15, -0.1) is 0 Å². The van der Waals surface area contributed by atoms with E-state index in [0.717, 1.165) is 32.4 Å². The number of aliphatic hydroxyl groups is 2. The summed E-state index contributed by atoms with van der Waals surface area (Å²) in [7, 11) is 0. The maximum atomic E-state index is 10.3. The standard InChI is InChI=1S/C15H27NO2/c1-14(2,3)12-5-7-16(8-6-12)13(17)11-9-15(4,18)10-11/h5,11,13,17-18H,6-10H2,1-4H3. The van der Waals surface area contributed by atoms with Crippen molar-refractivity contribution < 1.29 is 10.2 Å². The molecule has 1 saturated carbocycles. The van der Waals surface area contributed by atoms with Gasteiger partial charge in [0.2, 0.25) is 0 Å². The summed E-state index contributed by atoms with van der Waals surface area (Å²) in [5.74, 6) is 0.240. The van der Waals surface area contributed by atoms with Crippen molar-refractivity contribution in [3.63, 3.8) is 0 Å². The number of hydrogen-bond donors (Lipinski definition) is 2. The minimum absolute atomic E-state index is 0.240. The minimum Gasteiger partial charge on any atom is -0.390 e. The van der Waals surface area contributed by atoms with Crippen LogP contribution in [0.5, 0.6) is 0 Å². The van der Waals surface area contributed by atoms with Crippen LogP contribution in [0.15, 0.2) is 11.6 Å². The van der Waals surface area contributed by atoms with Crippen molar-refractivity contribution >= 4 is 0 Å². The van der Waals surface area contributed by atoms with Gasteiger partial charge in [0.25, 0.3) is 0 Å². The summed E-state index contributed by atoms with van der Waals surface area (Å²) in [6.45, 7) is 10.4. The smallest absolute Gasteiger partial charge is 0.110 e. The molecule has 3 nitrogen and oxygen atoms in total. The Hall–Kier alpha value is -0.380. The maximum Gasteiger partial charge on any atom is 0.110 e. The molecule has 2 aliphatic rings. The van der Waals surface area contributed by atoms with Gasteiger partial charge in [-0.3, -0.25) is 4.90 Å². The van der Waals surface area contributed by atoms with Gasteiger partial charge in [0.15, 0.2) is 0 Å². The monoisotopic (exact) mass is 253 g/mol. The Morgan fingerprint density at radius 3 is 2.39 bits per heavy atom. The molecule has 1 aliphatic carbocycles. The molecule has 1 unspecified atom stereocenters. The molecule has 1 aliphatic heterocycles. The summed E-state index contributed by atoms with van der Waals surface area (Å²) in [4.78, 5) is 2.13. The van der Waals surface area contributed by atoms with Gasteiger partial charge < -0.3 is 10.2 Å². The molecule has 2 N–H and O–H groups in total. The van der Waals surface area contributed by atoms with Crippen LogP contribution in [0.2, 0.25) is 0 Å². The summed E-state index contributed by atoms with van der Waals surface area (Å²) >= 11 is 0. The van der Waals surface area contributed by atoms with E-state index in [0.29, 0.717) is 0 Å². The van der Waals surface area contributed by atoms with Gasteiger partial charge in [-0.2, -0.15) is 0 Å². The molecule has 0 radical (unpaired) electrons. The average molecular weight is 253 g/mol. The fourth-order valence-corrected chi connectivity index (χ4v) is 3.19. The van der Waals surface area contributed by atoms with Crippen molar-refractivity contribution in [1.29, 1.82) is 0 Å². The van der Waals surface area contributed by atoms with Gasteiger partial charge in [0, 0.05) is 19.0 Å². The van der Waals surface area contributed by atoms with Crippen molar-refractivity contribution in [3.8, 4) is 0 Å². The molecular formula is C15H27NO2. The van der Waals surface area contributed by atoms with Crippen molar-refractivity contribution in [3.05, 3.63) is 11.6 Å². The van der Waals surface area contributed by atoms with Crippen molar-refractivity contribution in [2.75, 3.05) is 13.1 Å². The van der Waals surface area contributed by atoms with Gasteiger partial charge in [0.1, 0.15) is 6.23 Å². The van der Waals surface area contributed by atoms with Crippen LogP contribution in [-0.2, 0) is 0 Å². The number of rotatable bonds is 2. The Morgan fingerprint density at radius 2 is 2.00 bits per heavy atom. The summed E-state index contributed by atoms with van der Waals surface area (Å²) in [5.41, 5.74) is 1.19. The van der Waals surface area contributed by atoms with Crippen LogP contribution < -0.4 is 0 Å². The first kappa shape index (κ1) is 14.0.